The van der Waals surface area contributed by atoms with Crippen LogP contribution in [0, 0.1) is 17.8 Å². The lowest BCUT2D eigenvalue weighted by molar-refractivity contribution is -0.137. The van der Waals surface area contributed by atoms with Crippen LogP contribution in [0.4, 0.5) is 4.79 Å². The summed E-state index contributed by atoms with van der Waals surface area (Å²) in [6.07, 6.45) is 2.59. The minimum absolute atomic E-state index is 0.191. The molecule has 0 aliphatic carbocycles. The number of aliphatic carboxylic acids is 1. The predicted molar refractivity (Wildman–Crippen MR) is 70.1 cm³/mol. The number of carboxylic acid groups (broad SMARTS) is 1. The van der Waals surface area contributed by atoms with E-state index in [0.717, 1.165) is 12.8 Å². The maximum atomic E-state index is 11.3. The summed E-state index contributed by atoms with van der Waals surface area (Å²) in [5.74, 6) is 5.00. The molecule has 0 aliphatic heterocycles. The molecule has 18 heavy (non-hydrogen) atoms. The van der Waals surface area contributed by atoms with E-state index in [1.807, 2.05) is 6.92 Å². The van der Waals surface area contributed by atoms with Crippen LogP contribution < -0.4 is 10.6 Å². The van der Waals surface area contributed by atoms with Crippen molar-refractivity contribution in [2.75, 3.05) is 13.1 Å². The average molecular weight is 254 g/mol. The molecule has 0 fully saturated rings. The number of carbonyl (C=O) groups excluding carboxylic acids is 1. The molecular weight excluding hydrogens is 232 g/mol. The van der Waals surface area contributed by atoms with Crippen molar-refractivity contribution in [3.8, 4) is 11.8 Å². The van der Waals surface area contributed by atoms with Crippen LogP contribution >= 0.6 is 0 Å². The van der Waals surface area contributed by atoms with Gasteiger partial charge in [-0.1, -0.05) is 19.3 Å². The van der Waals surface area contributed by atoms with Crippen LogP contribution in [0.25, 0.3) is 0 Å². The summed E-state index contributed by atoms with van der Waals surface area (Å²) < 4.78 is 0. The lowest BCUT2D eigenvalue weighted by Crippen LogP contribution is -2.36. The fourth-order valence-corrected chi connectivity index (χ4v) is 1.55. The van der Waals surface area contributed by atoms with Gasteiger partial charge in [0.1, 0.15) is 0 Å². The Morgan fingerprint density at radius 1 is 1.28 bits per heavy atom. The third-order valence-electron chi connectivity index (χ3n) is 2.70. The number of carboxylic acids is 1. The minimum Gasteiger partial charge on any atom is -0.481 e. The second-order valence-corrected chi connectivity index (χ2v) is 4.03. The fraction of sp³-hybridized carbons (Fsp3) is 0.692. The van der Waals surface area contributed by atoms with Gasteiger partial charge in [0.15, 0.2) is 0 Å². The molecule has 0 aromatic carbocycles. The van der Waals surface area contributed by atoms with Gasteiger partial charge in [-0.05, 0) is 25.7 Å². The number of rotatable bonds is 8. The number of hydrogen-bond donors (Lipinski definition) is 3. The molecule has 0 aliphatic rings. The highest BCUT2D eigenvalue weighted by Gasteiger charge is 2.09. The lowest BCUT2D eigenvalue weighted by Gasteiger charge is -2.13. The first kappa shape index (κ1) is 16.3. The maximum absolute atomic E-state index is 11.3. The number of urea groups is 1. The molecular formula is C13H22N2O3. The van der Waals surface area contributed by atoms with Gasteiger partial charge in [-0.2, -0.15) is 0 Å². The molecule has 0 saturated heterocycles. The molecule has 0 radical (unpaired) electrons. The molecule has 5 heteroatoms. The molecule has 3 N–H and O–H groups in total. The molecule has 0 aromatic heterocycles. The van der Waals surface area contributed by atoms with Gasteiger partial charge in [-0.25, -0.2) is 4.79 Å². The van der Waals surface area contributed by atoms with Crippen molar-refractivity contribution in [2.45, 2.75) is 39.5 Å². The summed E-state index contributed by atoms with van der Waals surface area (Å²) >= 11 is 0. The predicted octanol–water partition coefficient (Wildman–Crippen LogP) is 1.59. The highest BCUT2D eigenvalue weighted by molar-refractivity contribution is 5.74. The summed E-state index contributed by atoms with van der Waals surface area (Å²) in [4.78, 5) is 21.7. The van der Waals surface area contributed by atoms with Crippen molar-refractivity contribution in [2.24, 2.45) is 5.92 Å². The molecule has 0 spiro atoms. The van der Waals surface area contributed by atoms with E-state index in [1.165, 1.54) is 0 Å². The molecule has 2 amide bonds. The first-order valence-corrected chi connectivity index (χ1v) is 6.23. The highest BCUT2D eigenvalue weighted by atomic mass is 16.4. The van der Waals surface area contributed by atoms with E-state index in [4.69, 9.17) is 5.11 Å². The number of hydrogen-bond acceptors (Lipinski definition) is 2. The molecule has 0 bridgehead atoms. The summed E-state index contributed by atoms with van der Waals surface area (Å²) in [5, 5.41) is 13.9. The smallest absolute Gasteiger partial charge is 0.315 e. The molecule has 1 unspecified atom stereocenters. The zero-order valence-corrected chi connectivity index (χ0v) is 11.1. The van der Waals surface area contributed by atoms with E-state index in [1.54, 1.807) is 6.92 Å². The van der Waals surface area contributed by atoms with Crippen molar-refractivity contribution in [3.05, 3.63) is 0 Å². The van der Waals surface area contributed by atoms with Crippen LogP contribution in [-0.4, -0.2) is 30.2 Å². The quantitative estimate of drug-likeness (QED) is 0.575. The van der Waals surface area contributed by atoms with Gasteiger partial charge < -0.3 is 15.7 Å². The van der Waals surface area contributed by atoms with E-state index in [9.17, 15) is 9.59 Å². The molecule has 5 nitrogen and oxygen atoms in total. The summed E-state index contributed by atoms with van der Waals surface area (Å²) in [6, 6.07) is -0.231. The second-order valence-electron chi connectivity index (χ2n) is 4.03. The number of carbonyl (C=O) groups is 2. The topological polar surface area (TPSA) is 78.4 Å². The van der Waals surface area contributed by atoms with Crippen molar-refractivity contribution in [3.63, 3.8) is 0 Å². The van der Waals surface area contributed by atoms with Crippen LogP contribution in [0.5, 0.6) is 0 Å². The Balaban J connectivity index is 3.68. The van der Waals surface area contributed by atoms with Crippen LogP contribution in [0.15, 0.2) is 0 Å². The Labute approximate surface area is 108 Å². The third-order valence-corrected chi connectivity index (χ3v) is 2.70. The van der Waals surface area contributed by atoms with Crippen molar-refractivity contribution in [1.29, 1.82) is 0 Å². The van der Waals surface area contributed by atoms with E-state index < -0.39 is 5.97 Å². The van der Waals surface area contributed by atoms with Crippen LogP contribution in [-0.2, 0) is 4.79 Å². The molecule has 0 rings (SSSR count). The summed E-state index contributed by atoms with van der Waals surface area (Å²) in [6.45, 7) is 4.65. The van der Waals surface area contributed by atoms with Crippen molar-refractivity contribution >= 4 is 12.0 Å². The van der Waals surface area contributed by atoms with Crippen molar-refractivity contribution < 1.29 is 14.7 Å². The monoisotopic (exact) mass is 254 g/mol. The van der Waals surface area contributed by atoms with Gasteiger partial charge in [0.2, 0.25) is 0 Å². The molecule has 0 aromatic rings. The fourth-order valence-electron chi connectivity index (χ4n) is 1.55. The zero-order chi connectivity index (χ0) is 13.8. The molecule has 102 valence electrons. The normalized spacial score (nSPS) is 11.0. The summed E-state index contributed by atoms with van der Waals surface area (Å²) in [7, 11) is 0. The molecule has 0 heterocycles. The van der Waals surface area contributed by atoms with Gasteiger partial charge in [0, 0.05) is 13.0 Å². The standard InChI is InChI=1S/C13H22N2O3/c1-3-5-9-14-13(18)15-10-8-11(4-2)6-7-12(16)17/h11H,4,6-10H2,1-2H3,(H,16,17)(H2,14,15,18). The zero-order valence-electron chi connectivity index (χ0n) is 11.1. The van der Waals surface area contributed by atoms with Gasteiger partial charge in [0.25, 0.3) is 0 Å². The molecule has 1 atom stereocenters. The minimum atomic E-state index is -0.766. The van der Waals surface area contributed by atoms with E-state index in [0.29, 0.717) is 25.4 Å². The first-order valence-electron chi connectivity index (χ1n) is 6.23. The average Bonchev–Trinajstić information content (AvgIpc) is 2.33. The Morgan fingerprint density at radius 3 is 2.56 bits per heavy atom. The Hall–Kier alpha value is -1.70. The first-order chi connectivity index (χ1) is 8.60. The summed E-state index contributed by atoms with van der Waals surface area (Å²) in [5.41, 5.74) is 0. The van der Waals surface area contributed by atoms with Crippen LogP contribution in [0.2, 0.25) is 0 Å². The van der Waals surface area contributed by atoms with Gasteiger partial charge in [-0.3, -0.25) is 4.79 Å². The van der Waals surface area contributed by atoms with E-state index >= 15 is 0 Å². The van der Waals surface area contributed by atoms with E-state index in [-0.39, 0.29) is 12.5 Å². The second kappa shape index (κ2) is 10.5. The Kier molecular flexibility index (Phi) is 9.47. The van der Waals surface area contributed by atoms with Crippen LogP contribution in [0.1, 0.15) is 39.5 Å². The third kappa shape index (κ3) is 9.52. The number of nitrogens with one attached hydrogen (secondary N) is 2. The largest absolute Gasteiger partial charge is 0.481 e. The number of amides is 2. The van der Waals surface area contributed by atoms with Gasteiger partial charge in [-0.15, -0.1) is 5.92 Å². The SMILES string of the molecule is CC#CCNC(=O)NCCC(CC)CCC(=O)O. The van der Waals surface area contributed by atoms with Gasteiger partial charge >= 0.3 is 12.0 Å². The maximum Gasteiger partial charge on any atom is 0.315 e. The lowest BCUT2D eigenvalue weighted by atomic mass is 9.97. The van der Waals surface area contributed by atoms with Gasteiger partial charge in [0.05, 0.1) is 6.54 Å². The Morgan fingerprint density at radius 2 is 2.00 bits per heavy atom. The van der Waals surface area contributed by atoms with Crippen molar-refractivity contribution in [1.82, 2.24) is 10.6 Å². The Bertz CT molecular complexity index is 318. The van der Waals surface area contributed by atoms with Crippen LogP contribution in [0.3, 0.4) is 0 Å². The van der Waals surface area contributed by atoms with E-state index in [2.05, 4.69) is 22.5 Å². The molecule has 0 saturated carbocycles. The highest BCUT2D eigenvalue weighted by Crippen LogP contribution is 2.14.